The Bertz CT molecular complexity index is 671. The largest absolute Gasteiger partial charge is 0.384 e. The van der Waals surface area contributed by atoms with Crippen LogP contribution in [0.2, 0.25) is 0 Å². The number of aromatic nitrogens is 1. The first-order valence-electron chi connectivity index (χ1n) is 7.22. The minimum absolute atomic E-state index is 0.164. The molecule has 0 spiro atoms. The summed E-state index contributed by atoms with van der Waals surface area (Å²) < 4.78 is 1.02. The molecule has 5 heteroatoms. The lowest BCUT2D eigenvalue weighted by Crippen LogP contribution is -2.14. The van der Waals surface area contributed by atoms with Crippen molar-refractivity contribution in [3.05, 3.63) is 52.3 Å². The molecule has 0 aliphatic heterocycles. The molecule has 2 N–H and O–H groups in total. The molecule has 0 radical (unpaired) electrons. The van der Waals surface area contributed by atoms with Gasteiger partial charge >= 0.3 is 0 Å². The number of nitrogens with zero attached hydrogens (tertiary/aromatic N) is 1. The average Bonchev–Trinajstić information content (AvgIpc) is 2.49. The lowest BCUT2D eigenvalue weighted by atomic mass is 10.2. The van der Waals surface area contributed by atoms with Crippen molar-refractivity contribution in [3.63, 3.8) is 0 Å². The van der Waals surface area contributed by atoms with Crippen LogP contribution in [0.15, 0.2) is 41.1 Å². The van der Waals surface area contributed by atoms with Gasteiger partial charge in [0.1, 0.15) is 0 Å². The lowest BCUT2D eigenvalue weighted by Gasteiger charge is -2.10. The molecule has 1 heterocycles. The first-order chi connectivity index (χ1) is 10.5. The summed E-state index contributed by atoms with van der Waals surface area (Å²) in [5, 5.41) is 6.16. The number of hydrogen-bond acceptors (Lipinski definition) is 3. The van der Waals surface area contributed by atoms with Crippen molar-refractivity contribution >= 4 is 33.2 Å². The first kappa shape index (κ1) is 16.5. The highest BCUT2D eigenvalue weighted by molar-refractivity contribution is 9.10. The number of rotatable bonds is 5. The molecule has 1 amide bonds. The van der Waals surface area contributed by atoms with Gasteiger partial charge < -0.3 is 10.6 Å². The number of nitrogens with one attached hydrogen (secondary N) is 2. The van der Waals surface area contributed by atoms with E-state index in [2.05, 4.69) is 45.4 Å². The van der Waals surface area contributed by atoms with E-state index in [4.69, 9.17) is 0 Å². The minimum Gasteiger partial charge on any atom is -0.384 e. The molecule has 0 aliphatic carbocycles. The van der Waals surface area contributed by atoms with Crippen molar-refractivity contribution in [2.45, 2.75) is 20.8 Å². The summed E-state index contributed by atoms with van der Waals surface area (Å²) in [4.78, 5) is 16.4. The van der Waals surface area contributed by atoms with Gasteiger partial charge in [0.2, 0.25) is 0 Å². The Morgan fingerprint density at radius 1 is 1.23 bits per heavy atom. The summed E-state index contributed by atoms with van der Waals surface area (Å²) in [5.41, 5.74) is 3.23. The van der Waals surface area contributed by atoms with E-state index in [0.29, 0.717) is 11.5 Å². The van der Waals surface area contributed by atoms with Crippen molar-refractivity contribution in [3.8, 4) is 0 Å². The first-order valence-corrected chi connectivity index (χ1v) is 8.01. The second kappa shape index (κ2) is 7.40. The van der Waals surface area contributed by atoms with Crippen molar-refractivity contribution in [2.24, 2.45) is 5.92 Å². The molecule has 0 fully saturated rings. The second-order valence-electron chi connectivity index (χ2n) is 5.66. The smallest absolute Gasteiger partial charge is 0.257 e. The third-order valence-corrected chi connectivity index (χ3v) is 4.02. The molecule has 0 aliphatic rings. The van der Waals surface area contributed by atoms with E-state index in [1.165, 1.54) is 0 Å². The van der Waals surface area contributed by atoms with Crippen molar-refractivity contribution in [2.75, 3.05) is 17.2 Å². The van der Waals surface area contributed by atoms with Gasteiger partial charge in [0.05, 0.1) is 11.3 Å². The fraction of sp³-hybridized carbons (Fsp3) is 0.294. The van der Waals surface area contributed by atoms with Gasteiger partial charge in [-0.15, -0.1) is 0 Å². The number of pyridine rings is 1. The van der Waals surface area contributed by atoms with Crippen LogP contribution in [0.4, 0.5) is 11.4 Å². The fourth-order valence-corrected chi connectivity index (χ4v) is 2.16. The Balaban J connectivity index is 2.08. The van der Waals surface area contributed by atoms with Gasteiger partial charge in [0, 0.05) is 29.1 Å². The zero-order valence-electron chi connectivity index (χ0n) is 13.0. The molecule has 0 saturated carbocycles. The maximum atomic E-state index is 12.3. The maximum absolute atomic E-state index is 12.3. The van der Waals surface area contributed by atoms with E-state index in [1.54, 1.807) is 12.4 Å². The molecule has 1 aromatic heterocycles. The molecule has 22 heavy (non-hydrogen) atoms. The third-order valence-electron chi connectivity index (χ3n) is 3.13. The SMILES string of the molecule is Cc1cc(NC(=O)c2cncc(NCC(C)C)c2)ccc1Br. The van der Waals surface area contributed by atoms with Gasteiger partial charge in [0.15, 0.2) is 0 Å². The van der Waals surface area contributed by atoms with Crippen molar-refractivity contribution in [1.82, 2.24) is 4.98 Å². The average molecular weight is 362 g/mol. The van der Waals surface area contributed by atoms with Crippen LogP contribution in [-0.4, -0.2) is 17.4 Å². The molecule has 0 unspecified atom stereocenters. The quantitative estimate of drug-likeness (QED) is 0.825. The molecule has 2 rings (SSSR count). The van der Waals surface area contributed by atoms with Gasteiger partial charge in [0.25, 0.3) is 5.91 Å². The van der Waals surface area contributed by atoms with Gasteiger partial charge in [-0.25, -0.2) is 0 Å². The normalized spacial score (nSPS) is 10.6. The monoisotopic (exact) mass is 361 g/mol. The molecule has 2 aromatic rings. The number of amides is 1. The summed E-state index contributed by atoms with van der Waals surface area (Å²) in [6.07, 6.45) is 3.30. The third kappa shape index (κ3) is 4.56. The molecule has 0 atom stereocenters. The number of anilines is 2. The van der Waals surface area contributed by atoms with E-state index in [9.17, 15) is 4.79 Å². The predicted octanol–water partition coefficient (Wildman–Crippen LogP) is 4.47. The zero-order chi connectivity index (χ0) is 16.1. The van der Waals surface area contributed by atoms with E-state index < -0.39 is 0 Å². The zero-order valence-corrected chi connectivity index (χ0v) is 14.6. The fourth-order valence-electron chi connectivity index (χ4n) is 1.91. The lowest BCUT2D eigenvalue weighted by molar-refractivity contribution is 0.102. The minimum atomic E-state index is -0.164. The molecule has 0 saturated heterocycles. The predicted molar refractivity (Wildman–Crippen MR) is 94.4 cm³/mol. The highest BCUT2D eigenvalue weighted by Gasteiger charge is 2.08. The molecule has 0 bridgehead atoms. The summed E-state index contributed by atoms with van der Waals surface area (Å²) >= 11 is 3.45. The molecule has 116 valence electrons. The number of carbonyl (C=O) groups is 1. The van der Waals surface area contributed by atoms with Crippen LogP contribution < -0.4 is 10.6 Å². The Morgan fingerprint density at radius 2 is 2.00 bits per heavy atom. The van der Waals surface area contributed by atoms with E-state index >= 15 is 0 Å². The van der Waals surface area contributed by atoms with E-state index in [0.717, 1.165) is 28.0 Å². The van der Waals surface area contributed by atoms with Crippen LogP contribution in [0.25, 0.3) is 0 Å². The van der Waals surface area contributed by atoms with E-state index in [-0.39, 0.29) is 5.91 Å². The summed E-state index contributed by atoms with van der Waals surface area (Å²) in [6, 6.07) is 7.53. The molecular formula is C17H20BrN3O. The second-order valence-corrected chi connectivity index (χ2v) is 6.51. The summed E-state index contributed by atoms with van der Waals surface area (Å²) in [6.45, 7) is 7.09. The standard InChI is InChI=1S/C17H20BrN3O/c1-11(2)8-20-15-7-13(9-19-10-15)17(22)21-14-4-5-16(18)12(3)6-14/h4-7,9-11,20H,8H2,1-3H3,(H,21,22). The van der Waals surface area contributed by atoms with Crippen molar-refractivity contribution in [1.29, 1.82) is 0 Å². The Hall–Kier alpha value is -1.88. The molecule has 4 nitrogen and oxygen atoms in total. The van der Waals surface area contributed by atoms with Crippen molar-refractivity contribution < 1.29 is 4.79 Å². The van der Waals surface area contributed by atoms with Crippen LogP contribution in [0.3, 0.4) is 0 Å². The van der Waals surface area contributed by atoms with Gasteiger partial charge in [-0.2, -0.15) is 0 Å². The van der Waals surface area contributed by atoms with Gasteiger partial charge in [-0.1, -0.05) is 29.8 Å². The van der Waals surface area contributed by atoms with Crippen LogP contribution >= 0.6 is 15.9 Å². The Morgan fingerprint density at radius 3 is 2.68 bits per heavy atom. The topological polar surface area (TPSA) is 54.0 Å². The number of aryl methyl sites for hydroxylation is 1. The number of benzene rings is 1. The Kier molecular flexibility index (Phi) is 5.55. The molecule has 1 aromatic carbocycles. The van der Waals surface area contributed by atoms with Gasteiger partial charge in [-0.05, 0) is 42.7 Å². The highest BCUT2D eigenvalue weighted by Crippen LogP contribution is 2.20. The summed E-state index contributed by atoms with van der Waals surface area (Å²) in [5.74, 6) is 0.366. The van der Waals surface area contributed by atoms with Crippen LogP contribution in [-0.2, 0) is 0 Å². The number of carbonyl (C=O) groups excluding carboxylic acids is 1. The Labute approximate surface area is 139 Å². The number of halogens is 1. The summed E-state index contributed by atoms with van der Waals surface area (Å²) in [7, 11) is 0. The maximum Gasteiger partial charge on any atom is 0.257 e. The van der Waals surface area contributed by atoms with Crippen LogP contribution in [0.1, 0.15) is 29.8 Å². The molecular weight excluding hydrogens is 342 g/mol. The van der Waals surface area contributed by atoms with Crippen LogP contribution in [0, 0.1) is 12.8 Å². The van der Waals surface area contributed by atoms with Gasteiger partial charge in [-0.3, -0.25) is 9.78 Å². The van der Waals surface area contributed by atoms with E-state index in [1.807, 2.05) is 31.2 Å². The highest BCUT2D eigenvalue weighted by atomic mass is 79.9. The number of hydrogen-bond donors (Lipinski definition) is 2. The van der Waals surface area contributed by atoms with Crippen LogP contribution in [0.5, 0.6) is 0 Å².